The molecule has 2 heterocycles. The number of ether oxygens (including phenoxy) is 1. The molecule has 0 saturated carbocycles. The summed E-state index contributed by atoms with van der Waals surface area (Å²) in [4.78, 5) is 13.1. The Morgan fingerprint density at radius 3 is 3.00 bits per heavy atom. The number of carboxylic acids is 1. The molecule has 0 unspecified atom stereocenters. The topological polar surface area (TPSA) is 78.5 Å². The minimum absolute atomic E-state index is 0.189. The predicted octanol–water partition coefficient (Wildman–Crippen LogP) is 0.966. The van der Waals surface area contributed by atoms with Gasteiger partial charge in [-0.05, 0) is 25.8 Å². The fourth-order valence-corrected chi connectivity index (χ4v) is 2.34. The maximum absolute atomic E-state index is 10.9. The standard InChI is InChI=1S/C12H19N3O3/c1-15(7-9-2-4-18-5-3-9)8-10-6-13-14-11(10)12(16)17/h6,9H,2-5,7-8H2,1H3,(H,13,14)(H,16,17). The summed E-state index contributed by atoms with van der Waals surface area (Å²) < 4.78 is 5.33. The molecule has 1 aliphatic heterocycles. The highest BCUT2D eigenvalue weighted by atomic mass is 16.5. The smallest absolute Gasteiger partial charge is 0.354 e. The molecule has 2 rings (SSSR count). The molecule has 1 aromatic heterocycles. The van der Waals surface area contributed by atoms with Crippen molar-refractivity contribution in [3.8, 4) is 0 Å². The highest BCUT2D eigenvalue weighted by molar-refractivity contribution is 5.86. The Kier molecular flexibility index (Phi) is 4.33. The van der Waals surface area contributed by atoms with E-state index >= 15 is 0 Å². The summed E-state index contributed by atoms with van der Waals surface area (Å²) in [5.41, 5.74) is 0.922. The molecule has 1 fully saturated rings. The monoisotopic (exact) mass is 253 g/mol. The molecule has 2 N–H and O–H groups in total. The Morgan fingerprint density at radius 2 is 2.33 bits per heavy atom. The van der Waals surface area contributed by atoms with E-state index in [9.17, 15) is 4.79 Å². The third kappa shape index (κ3) is 3.30. The van der Waals surface area contributed by atoms with Crippen molar-refractivity contribution in [1.82, 2.24) is 15.1 Å². The largest absolute Gasteiger partial charge is 0.477 e. The van der Waals surface area contributed by atoms with E-state index in [1.807, 2.05) is 7.05 Å². The van der Waals surface area contributed by atoms with E-state index < -0.39 is 5.97 Å². The molecule has 0 amide bonds. The molecule has 0 radical (unpaired) electrons. The third-order valence-corrected chi connectivity index (χ3v) is 3.28. The Balaban J connectivity index is 1.88. The van der Waals surface area contributed by atoms with E-state index in [1.54, 1.807) is 6.20 Å². The van der Waals surface area contributed by atoms with Crippen molar-refractivity contribution in [2.24, 2.45) is 5.92 Å². The van der Waals surface area contributed by atoms with Gasteiger partial charge in [-0.15, -0.1) is 0 Å². The highest BCUT2D eigenvalue weighted by Gasteiger charge is 2.18. The van der Waals surface area contributed by atoms with Crippen LogP contribution in [0.1, 0.15) is 28.9 Å². The summed E-state index contributed by atoms with van der Waals surface area (Å²) in [6.07, 6.45) is 3.76. The molecule has 1 aromatic rings. The van der Waals surface area contributed by atoms with Crippen LogP contribution >= 0.6 is 0 Å². The van der Waals surface area contributed by atoms with Crippen LogP contribution in [-0.2, 0) is 11.3 Å². The number of aromatic amines is 1. The van der Waals surface area contributed by atoms with Gasteiger partial charge in [0.2, 0.25) is 0 Å². The molecule has 0 atom stereocenters. The number of carbonyl (C=O) groups is 1. The summed E-state index contributed by atoms with van der Waals surface area (Å²) in [6, 6.07) is 0. The van der Waals surface area contributed by atoms with E-state index in [0.717, 1.165) is 38.2 Å². The van der Waals surface area contributed by atoms with Gasteiger partial charge in [0, 0.05) is 31.9 Å². The second-order valence-electron chi connectivity index (χ2n) is 4.83. The zero-order chi connectivity index (χ0) is 13.0. The van der Waals surface area contributed by atoms with Gasteiger partial charge in [-0.25, -0.2) is 4.79 Å². The lowest BCUT2D eigenvalue weighted by Gasteiger charge is -2.26. The van der Waals surface area contributed by atoms with Gasteiger partial charge in [0.15, 0.2) is 0 Å². The molecule has 1 saturated heterocycles. The van der Waals surface area contributed by atoms with Gasteiger partial charge >= 0.3 is 5.97 Å². The zero-order valence-corrected chi connectivity index (χ0v) is 10.6. The van der Waals surface area contributed by atoms with E-state index in [2.05, 4.69) is 15.1 Å². The molecule has 0 spiro atoms. The van der Waals surface area contributed by atoms with E-state index in [1.165, 1.54) is 0 Å². The number of aromatic carboxylic acids is 1. The van der Waals surface area contributed by atoms with Crippen LogP contribution < -0.4 is 0 Å². The van der Waals surface area contributed by atoms with Crippen LogP contribution in [0.4, 0.5) is 0 Å². The summed E-state index contributed by atoms with van der Waals surface area (Å²) in [6.45, 7) is 3.25. The number of rotatable bonds is 5. The molecule has 100 valence electrons. The Bertz CT molecular complexity index is 399. The minimum atomic E-state index is -0.957. The van der Waals surface area contributed by atoms with Crippen LogP contribution in [0, 0.1) is 5.92 Å². The SMILES string of the molecule is CN(Cc1cn[nH]c1C(=O)O)CC1CCOCC1. The molecular weight excluding hydrogens is 234 g/mol. The third-order valence-electron chi connectivity index (χ3n) is 3.28. The Morgan fingerprint density at radius 1 is 1.61 bits per heavy atom. The molecule has 6 nitrogen and oxygen atoms in total. The maximum Gasteiger partial charge on any atom is 0.354 e. The lowest BCUT2D eigenvalue weighted by atomic mass is 10.00. The number of H-pyrrole nitrogens is 1. The average Bonchev–Trinajstić information content (AvgIpc) is 2.78. The number of hydrogen-bond donors (Lipinski definition) is 2. The van der Waals surface area contributed by atoms with Crippen molar-refractivity contribution in [3.63, 3.8) is 0 Å². The minimum Gasteiger partial charge on any atom is -0.477 e. The average molecular weight is 253 g/mol. The van der Waals surface area contributed by atoms with Crippen LogP contribution in [0.3, 0.4) is 0 Å². The summed E-state index contributed by atoms with van der Waals surface area (Å²) in [7, 11) is 2.01. The lowest BCUT2D eigenvalue weighted by molar-refractivity contribution is 0.0548. The number of carboxylic acid groups (broad SMARTS) is 1. The number of aromatic nitrogens is 2. The molecule has 18 heavy (non-hydrogen) atoms. The van der Waals surface area contributed by atoms with Gasteiger partial charge in [-0.2, -0.15) is 5.10 Å². The first kappa shape index (κ1) is 13.0. The van der Waals surface area contributed by atoms with Crippen molar-refractivity contribution in [1.29, 1.82) is 0 Å². The van der Waals surface area contributed by atoms with E-state index in [-0.39, 0.29) is 5.69 Å². The lowest BCUT2D eigenvalue weighted by Crippen LogP contribution is -2.29. The summed E-state index contributed by atoms with van der Waals surface area (Å²) in [5, 5.41) is 15.3. The van der Waals surface area contributed by atoms with Gasteiger partial charge in [-0.1, -0.05) is 0 Å². The Labute approximate surface area is 106 Å². The molecule has 1 aliphatic rings. The van der Waals surface area contributed by atoms with Crippen LogP contribution in [0.25, 0.3) is 0 Å². The number of nitrogens with one attached hydrogen (secondary N) is 1. The zero-order valence-electron chi connectivity index (χ0n) is 10.6. The van der Waals surface area contributed by atoms with Gasteiger partial charge in [-0.3, -0.25) is 5.10 Å². The molecule has 0 bridgehead atoms. The second kappa shape index (κ2) is 5.97. The summed E-state index contributed by atoms with van der Waals surface area (Å²) in [5.74, 6) is -0.314. The molecular formula is C12H19N3O3. The normalized spacial score (nSPS) is 17.2. The van der Waals surface area contributed by atoms with E-state index in [4.69, 9.17) is 9.84 Å². The van der Waals surface area contributed by atoms with Gasteiger partial charge in [0.1, 0.15) is 5.69 Å². The second-order valence-corrected chi connectivity index (χ2v) is 4.83. The molecule has 6 heteroatoms. The fourth-order valence-electron chi connectivity index (χ4n) is 2.34. The Hall–Kier alpha value is -1.40. The maximum atomic E-state index is 10.9. The van der Waals surface area contributed by atoms with Gasteiger partial charge < -0.3 is 14.7 Å². The number of hydrogen-bond acceptors (Lipinski definition) is 4. The van der Waals surface area contributed by atoms with Crippen molar-refractivity contribution in [2.75, 3.05) is 26.8 Å². The molecule has 0 aromatic carbocycles. The van der Waals surface area contributed by atoms with Crippen molar-refractivity contribution >= 4 is 5.97 Å². The highest BCUT2D eigenvalue weighted by Crippen LogP contribution is 2.17. The van der Waals surface area contributed by atoms with Crippen LogP contribution in [0.2, 0.25) is 0 Å². The first-order valence-electron chi connectivity index (χ1n) is 6.18. The van der Waals surface area contributed by atoms with Gasteiger partial charge in [0.25, 0.3) is 0 Å². The summed E-state index contributed by atoms with van der Waals surface area (Å²) >= 11 is 0. The molecule has 0 aliphatic carbocycles. The van der Waals surface area contributed by atoms with Crippen molar-refractivity contribution < 1.29 is 14.6 Å². The predicted molar refractivity (Wildman–Crippen MR) is 65.4 cm³/mol. The van der Waals surface area contributed by atoms with Crippen molar-refractivity contribution in [2.45, 2.75) is 19.4 Å². The van der Waals surface area contributed by atoms with Crippen LogP contribution in [0.5, 0.6) is 0 Å². The van der Waals surface area contributed by atoms with Crippen LogP contribution in [-0.4, -0.2) is 53.0 Å². The first-order valence-corrected chi connectivity index (χ1v) is 6.18. The quantitative estimate of drug-likeness (QED) is 0.817. The first-order chi connectivity index (χ1) is 8.66. The van der Waals surface area contributed by atoms with Crippen molar-refractivity contribution in [3.05, 3.63) is 17.5 Å². The van der Waals surface area contributed by atoms with Gasteiger partial charge in [0.05, 0.1) is 6.20 Å². The fraction of sp³-hybridized carbons (Fsp3) is 0.667. The van der Waals surface area contributed by atoms with E-state index in [0.29, 0.717) is 12.5 Å². The van der Waals surface area contributed by atoms with Crippen LogP contribution in [0.15, 0.2) is 6.20 Å². The number of nitrogens with zero attached hydrogens (tertiary/aromatic N) is 2.